The molecule has 0 bridgehead atoms. The van der Waals surface area contributed by atoms with Crippen molar-refractivity contribution in [2.24, 2.45) is 0 Å². The molecule has 3 nitrogen and oxygen atoms in total. The van der Waals surface area contributed by atoms with Crippen molar-refractivity contribution in [3.05, 3.63) is 48.0 Å². The first-order valence-corrected chi connectivity index (χ1v) is 5.56. The number of methoxy groups -OCH3 is 2. The van der Waals surface area contributed by atoms with E-state index in [0.717, 1.165) is 23.2 Å². The smallest absolute Gasteiger partial charge is 0.150 e. The third-order valence-electron chi connectivity index (χ3n) is 2.78. The van der Waals surface area contributed by atoms with Crippen molar-refractivity contribution in [1.29, 1.82) is 0 Å². The van der Waals surface area contributed by atoms with Gasteiger partial charge in [-0.25, -0.2) is 0 Å². The molecule has 0 aliphatic heterocycles. The van der Waals surface area contributed by atoms with E-state index in [0.29, 0.717) is 11.3 Å². The molecule has 0 amide bonds. The molecule has 0 aromatic heterocycles. The van der Waals surface area contributed by atoms with Gasteiger partial charge in [-0.2, -0.15) is 0 Å². The molecule has 92 valence electrons. The van der Waals surface area contributed by atoms with E-state index < -0.39 is 0 Å². The lowest BCUT2D eigenvalue weighted by atomic mass is 9.99. The average molecular weight is 242 g/mol. The minimum Gasteiger partial charge on any atom is -0.497 e. The first-order chi connectivity index (χ1) is 8.80. The zero-order valence-corrected chi connectivity index (χ0v) is 10.3. The zero-order chi connectivity index (χ0) is 13.0. The fraction of sp³-hybridized carbons (Fsp3) is 0.133. The maximum Gasteiger partial charge on any atom is 0.150 e. The molecule has 2 aromatic carbocycles. The summed E-state index contributed by atoms with van der Waals surface area (Å²) in [5, 5.41) is 0. The van der Waals surface area contributed by atoms with Gasteiger partial charge in [-0.05, 0) is 23.8 Å². The maximum absolute atomic E-state index is 11.1. The molecule has 0 fully saturated rings. The topological polar surface area (TPSA) is 35.5 Å². The molecule has 0 saturated carbocycles. The van der Waals surface area contributed by atoms with Crippen LogP contribution in [0.2, 0.25) is 0 Å². The normalized spacial score (nSPS) is 9.89. The highest BCUT2D eigenvalue weighted by atomic mass is 16.5. The number of benzene rings is 2. The van der Waals surface area contributed by atoms with Gasteiger partial charge in [0.15, 0.2) is 6.29 Å². The summed E-state index contributed by atoms with van der Waals surface area (Å²) in [4.78, 5) is 11.1. The Kier molecular flexibility index (Phi) is 3.63. The Morgan fingerprint density at radius 2 is 1.67 bits per heavy atom. The van der Waals surface area contributed by atoms with Gasteiger partial charge in [-0.1, -0.05) is 24.3 Å². The zero-order valence-electron chi connectivity index (χ0n) is 10.3. The fourth-order valence-electron chi connectivity index (χ4n) is 1.88. The lowest BCUT2D eigenvalue weighted by Gasteiger charge is -2.11. The Morgan fingerprint density at radius 3 is 2.22 bits per heavy atom. The molecule has 0 aliphatic rings. The highest BCUT2D eigenvalue weighted by Crippen LogP contribution is 2.33. The van der Waals surface area contributed by atoms with E-state index >= 15 is 0 Å². The maximum atomic E-state index is 11.1. The minimum absolute atomic E-state index is 0.611. The molecule has 2 aromatic rings. The van der Waals surface area contributed by atoms with E-state index in [2.05, 4.69) is 0 Å². The van der Waals surface area contributed by atoms with Gasteiger partial charge in [0.1, 0.15) is 11.5 Å². The monoisotopic (exact) mass is 242 g/mol. The van der Waals surface area contributed by atoms with E-state index in [-0.39, 0.29) is 0 Å². The van der Waals surface area contributed by atoms with Crippen LogP contribution in [-0.2, 0) is 0 Å². The first kappa shape index (κ1) is 12.2. The predicted octanol–water partition coefficient (Wildman–Crippen LogP) is 3.18. The number of carbonyl (C=O) groups is 1. The van der Waals surface area contributed by atoms with Gasteiger partial charge in [0.05, 0.1) is 14.2 Å². The van der Waals surface area contributed by atoms with Gasteiger partial charge in [0, 0.05) is 11.1 Å². The summed E-state index contributed by atoms with van der Waals surface area (Å²) >= 11 is 0. The van der Waals surface area contributed by atoms with Crippen LogP contribution < -0.4 is 9.47 Å². The van der Waals surface area contributed by atoms with E-state index in [9.17, 15) is 4.79 Å². The molecule has 18 heavy (non-hydrogen) atoms. The molecule has 0 aliphatic carbocycles. The van der Waals surface area contributed by atoms with E-state index in [1.54, 1.807) is 26.4 Å². The number of carbonyl (C=O) groups excluding carboxylic acids is 1. The number of hydrogen-bond donors (Lipinski definition) is 0. The van der Waals surface area contributed by atoms with Crippen molar-refractivity contribution >= 4 is 6.29 Å². The van der Waals surface area contributed by atoms with Gasteiger partial charge in [-0.3, -0.25) is 4.79 Å². The van der Waals surface area contributed by atoms with Crippen LogP contribution >= 0.6 is 0 Å². The summed E-state index contributed by atoms with van der Waals surface area (Å²) < 4.78 is 10.4. The van der Waals surface area contributed by atoms with Crippen LogP contribution in [0.4, 0.5) is 0 Å². The molecule has 0 atom stereocenters. The minimum atomic E-state index is 0.611. The van der Waals surface area contributed by atoms with Gasteiger partial charge in [0.2, 0.25) is 0 Å². The first-order valence-electron chi connectivity index (χ1n) is 5.56. The molecule has 0 unspecified atom stereocenters. The Hall–Kier alpha value is -2.29. The Bertz CT molecular complexity index is 544. The van der Waals surface area contributed by atoms with Gasteiger partial charge >= 0.3 is 0 Å². The van der Waals surface area contributed by atoms with Crippen LogP contribution in [0, 0.1) is 0 Å². The van der Waals surface area contributed by atoms with E-state index in [4.69, 9.17) is 9.47 Å². The van der Waals surface area contributed by atoms with Crippen LogP contribution in [-0.4, -0.2) is 20.5 Å². The van der Waals surface area contributed by atoms with Crippen molar-refractivity contribution in [3.8, 4) is 22.6 Å². The van der Waals surface area contributed by atoms with E-state index in [1.807, 2.05) is 30.3 Å². The van der Waals surface area contributed by atoms with Gasteiger partial charge in [0.25, 0.3) is 0 Å². The third-order valence-corrected chi connectivity index (χ3v) is 2.78. The van der Waals surface area contributed by atoms with Gasteiger partial charge < -0.3 is 9.47 Å². The molecule has 3 heteroatoms. The molecule has 2 rings (SSSR count). The van der Waals surface area contributed by atoms with Crippen molar-refractivity contribution < 1.29 is 14.3 Å². The van der Waals surface area contributed by atoms with Crippen LogP contribution in [0.1, 0.15) is 10.4 Å². The lowest BCUT2D eigenvalue weighted by Crippen LogP contribution is -1.93. The highest BCUT2D eigenvalue weighted by molar-refractivity contribution is 5.90. The molecule has 0 heterocycles. The van der Waals surface area contributed by atoms with Crippen molar-refractivity contribution in [2.45, 2.75) is 0 Å². The molecular formula is C15H14O3. The molecular weight excluding hydrogens is 228 g/mol. The SMILES string of the molecule is COc1ccc(-c2c(C=O)cccc2OC)cc1. The summed E-state index contributed by atoms with van der Waals surface area (Å²) in [7, 11) is 3.21. The van der Waals surface area contributed by atoms with Crippen LogP contribution in [0.5, 0.6) is 11.5 Å². The summed E-state index contributed by atoms with van der Waals surface area (Å²) in [5.41, 5.74) is 2.34. The molecule has 0 saturated heterocycles. The Labute approximate surface area is 106 Å². The number of rotatable bonds is 4. The summed E-state index contributed by atoms with van der Waals surface area (Å²) in [5.74, 6) is 1.46. The van der Waals surface area contributed by atoms with E-state index in [1.165, 1.54) is 0 Å². The summed E-state index contributed by atoms with van der Waals surface area (Å²) in [6.45, 7) is 0. The predicted molar refractivity (Wildman–Crippen MR) is 70.4 cm³/mol. The fourth-order valence-corrected chi connectivity index (χ4v) is 1.88. The second-order valence-electron chi connectivity index (χ2n) is 3.77. The van der Waals surface area contributed by atoms with Crippen LogP contribution in [0.25, 0.3) is 11.1 Å². The second kappa shape index (κ2) is 5.36. The quantitative estimate of drug-likeness (QED) is 0.772. The third kappa shape index (κ3) is 2.20. The van der Waals surface area contributed by atoms with Crippen LogP contribution in [0.15, 0.2) is 42.5 Å². The van der Waals surface area contributed by atoms with Crippen molar-refractivity contribution in [2.75, 3.05) is 14.2 Å². The van der Waals surface area contributed by atoms with Crippen molar-refractivity contribution in [1.82, 2.24) is 0 Å². The highest BCUT2D eigenvalue weighted by Gasteiger charge is 2.10. The second-order valence-corrected chi connectivity index (χ2v) is 3.77. The van der Waals surface area contributed by atoms with Crippen molar-refractivity contribution in [3.63, 3.8) is 0 Å². The Morgan fingerprint density at radius 1 is 0.944 bits per heavy atom. The lowest BCUT2D eigenvalue weighted by molar-refractivity contribution is 0.112. The van der Waals surface area contributed by atoms with Gasteiger partial charge in [-0.15, -0.1) is 0 Å². The number of aldehydes is 1. The number of hydrogen-bond acceptors (Lipinski definition) is 3. The number of ether oxygens (including phenoxy) is 2. The average Bonchev–Trinajstić information content (AvgIpc) is 2.46. The molecule has 0 radical (unpaired) electrons. The van der Waals surface area contributed by atoms with Crippen LogP contribution in [0.3, 0.4) is 0 Å². The summed E-state index contributed by atoms with van der Waals surface area (Å²) in [6.07, 6.45) is 0.835. The standard InChI is InChI=1S/C15H14O3/c1-17-13-8-6-11(7-9-13)15-12(10-16)4-3-5-14(15)18-2/h3-10H,1-2H3. The Balaban J connectivity index is 2.57. The summed E-state index contributed by atoms with van der Waals surface area (Å²) in [6, 6.07) is 12.9. The molecule has 0 N–H and O–H groups in total. The molecule has 0 spiro atoms. The largest absolute Gasteiger partial charge is 0.497 e.